The van der Waals surface area contributed by atoms with Crippen molar-refractivity contribution in [2.45, 2.75) is 20.4 Å². The molecule has 1 heterocycles. The number of benzene rings is 2. The Bertz CT molecular complexity index is 845. The van der Waals surface area contributed by atoms with Crippen molar-refractivity contribution < 1.29 is 4.52 Å². The van der Waals surface area contributed by atoms with Crippen LogP contribution in [0, 0.1) is 13.8 Å². The molecule has 1 aromatic heterocycles. The Morgan fingerprint density at radius 3 is 2.71 bits per heavy atom. The number of aryl methyl sites for hydroxylation is 2. The number of hydrogen-bond donors (Lipinski definition) is 2. The first-order valence-electron chi connectivity index (χ1n) is 7.62. The third kappa shape index (κ3) is 3.97. The summed E-state index contributed by atoms with van der Waals surface area (Å²) in [7, 11) is 0. The minimum atomic E-state index is 0.372. The summed E-state index contributed by atoms with van der Waals surface area (Å²) in [6, 6.07) is 15.9. The maximum absolute atomic E-state index is 5.33. The van der Waals surface area contributed by atoms with Crippen molar-refractivity contribution in [3.63, 3.8) is 0 Å². The summed E-state index contributed by atoms with van der Waals surface area (Å²) < 4.78 is 5.25. The molecule has 0 aliphatic carbocycles. The monoisotopic (exact) mass is 338 g/mol. The highest BCUT2D eigenvalue weighted by molar-refractivity contribution is 7.80. The summed E-state index contributed by atoms with van der Waals surface area (Å²) in [4.78, 5) is 4.36. The fraction of sp³-hybridized carbons (Fsp3) is 0.167. The fourth-order valence-corrected chi connectivity index (χ4v) is 2.41. The van der Waals surface area contributed by atoms with Gasteiger partial charge in [-0.1, -0.05) is 47.6 Å². The van der Waals surface area contributed by atoms with Gasteiger partial charge < -0.3 is 15.2 Å². The summed E-state index contributed by atoms with van der Waals surface area (Å²) in [5.74, 6) is 1.06. The van der Waals surface area contributed by atoms with E-state index in [4.69, 9.17) is 16.7 Å². The molecule has 0 aliphatic rings. The molecule has 3 aromatic rings. The van der Waals surface area contributed by atoms with E-state index in [-0.39, 0.29) is 0 Å². The molecule has 3 rings (SSSR count). The zero-order valence-electron chi connectivity index (χ0n) is 13.5. The van der Waals surface area contributed by atoms with Gasteiger partial charge in [0.25, 0.3) is 0 Å². The van der Waals surface area contributed by atoms with Gasteiger partial charge in [-0.25, -0.2) is 0 Å². The second-order valence-corrected chi connectivity index (χ2v) is 5.91. The number of thiocarbonyl (C=S) groups is 1. The normalized spacial score (nSPS) is 10.4. The minimum absolute atomic E-state index is 0.372. The lowest BCUT2D eigenvalue weighted by Crippen LogP contribution is -2.28. The largest absolute Gasteiger partial charge is 0.353 e. The summed E-state index contributed by atoms with van der Waals surface area (Å²) in [5.41, 5.74) is 4.22. The lowest BCUT2D eigenvalue weighted by Gasteiger charge is -2.12. The van der Waals surface area contributed by atoms with Crippen molar-refractivity contribution >= 4 is 23.0 Å². The highest BCUT2D eigenvalue weighted by atomic mass is 32.1. The van der Waals surface area contributed by atoms with Crippen LogP contribution in [0.15, 0.2) is 53.1 Å². The number of rotatable bonds is 4. The summed E-state index contributed by atoms with van der Waals surface area (Å²) in [6.07, 6.45) is 0. The molecule has 0 aliphatic heterocycles. The van der Waals surface area contributed by atoms with Gasteiger partial charge in [-0.05, 0) is 43.3 Å². The molecule has 0 fully saturated rings. The predicted octanol–water partition coefficient (Wildman–Crippen LogP) is 3.84. The van der Waals surface area contributed by atoms with Crippen LogP contribution in [0.25, 0.3) is 11.4 Å². The second kappa shape index (κ2) is 7.23. The Labute approximate surface area is 146 Å². The first-order valence-corrected chi connectivity index (χ1v) is 8.03. The molecule has 6 heteroatoms. The van der Waals surface area contributed by atoms with Crippen molar-refractivity contribution in [1.82, 2.24) is 15.5 Å². The Morgan fingerprint density at radius 1 is 1.12 bits per heavy atom. The topological polar surface area (TPSA) is 63.0 Å². The molecule has 24 heavy (non-hydrogen) atoms. The standard InChI is InChI=1S/C18H18N4OS/c1-12-8-9-13(2)15(10-12)20-18(24)19-11-16-21-17(22-23-16)14-6-4-3-5-7-14/h3-10H,11H2,1-2H3,(H2,19,20,24). The van der Waals surface area contributed by atoms with Crippen LogP contribution in [0.5, 0.6) is 0 Å². The van der Waals surface area contributed by atoms with Crippen LogP contribution in [0.2, 0.25) is 0 Å². The van der Waals surface area contributed by atoms with Crippen LogP contribution in [-0.4, -0.2) is 15.3 Å². The van der Waals surface area contributed by atoms with E-state index in [9.17, 15) is 0 Å². The van der Waals surface area contributed by atoms with Gasteiger partial charge in [0, 0.05) is 11.3 Å². The molecule has 5 nitrogen and oxygen atoms in total. The van der Waals surface area contributed by atoms with Crippen molar-refractivity contribution in [1.29, 1.82) is 0 Å². The Hall–Kier alpha value is -2.73. The lowest BCUT2D eigenvalue weighted by molar-refractivity contribution is 0.376. The van der Waals surface area contributed by atoms with E-state index in [1.165, 1.54) is 5.56 Å². The van der Waals surface area contributed by atoms with Gasteiger partial charge in [0.05, 0.1) is 6.54 Å². The lowest BCUT2D eigenvalue weighted by atomic mass is 10.1. The summed E-state index contributed by atoms with van der Waals surface area (Å²) in [5, 5.41) is 10.8. The molecule has 2 N–H and O–H groups in total. The maximum atomic E-state index is 5.33. The van der Waals surface area contributed by atoms with Gasteiger partial charge >= 0.3 is 0 Å². The van der Waals surface area contributed by atoms with Crippen molar-refractivity contribution in [3.8, 4) is 11.4 Å². The second-order valence-electron chi connectivity index (χ2n) is 5.50. The molecule has 0 atom stereocenters. The average molecular weight is 338 g/mol. The number of nitrogens with zero attached hydrogens (tertiary/aromatic N) is 2. The zero-order valence-corrected chi connectivity index (χ0v) is 14.4. The van der Waals surface area contributed by atoms with E-state index >= 15 is 0 Å². The van der Waals surface area contributed by atoms with Crippen LogP contribution in [-0.2, 0) is 6.54 Å². The molecule has 0 amide bonds. The molecule has 2 aromatic carbocycles. The zero-order chi connectivity index (χ0) is 16.9. The Balaban J connectivity index is 1.59. The summed E-state index contributed by atoms with van der Waals surface area (Å²) in [6.45, 7) is 4.45. The number of hydrogen-bond acceptors (Lipinski definition) is 4. The third-order valence-corrected chi connectivity index (χ3v) is 3.79. The molecule has 0 saturated heterocycles. The molecular formula is C18H18N4OS. The third-order valence-electron chi connectivity index (χ3n) is 3.54. The Kier molecular flexibility index (Phi) is 4.86. The van der Waals surface area contributed by atoms with Crippen molar-refractivity contribution in [2.24, 2.45) is 0 Å². The van der Waals surface area contributed by atoms with Crippen LogP contribution in [0.4, 0.5) is 5.69 Å². The minimum Gasteiger partial charge on any atom is -0.353 e. The van der Waals surface area contributed by atoms with Gasteiger partial charge in [-0.15, -0.1) is 0 Å². The molecule has 122 valence electrons. The van der Waals surface area contributed by atoms with Crippen molar-refractivity contribution in [3.05, 3.63) is 65.5 Å². The van der Waals surface area contributed by atoms with Crippen LogP contribution >= 0.6 is 12.2 Å². The maximum Gasteiger partial charge on any atom is 0.246 e. The molecule has 0 saturated carbocycles. The first kappa shape index (κ1) is 16.1. The van der Waals surface area contributed by atoms with E-state index in [1.54, 1.807) is 0 Å². The van der Waals surface area contributed by atoms with Gasteiger partial charge in [0.2, 0.25) is 11.7 Å². The van der Waals surface area contributed by atoms with E-state index in [2.05, 4.69) is 39.0 Å². The number of nitrogens with one attached hydrogen (secondary N) is 2. The van der Waals surface area contributed by atoms with Crippen LogP contribution in [0.1, 0.15) is 17.0 Å². The van der Waals surface area contributed by atoms with Gasteiger partial charge in [-0.2, -0.15) is 4.98 Å². The molecule has 0 radical (unpaired) electrons. The molecule has 0 unspecified atom stereocenters. The smallest absolute Gasteiger partial charge is 0.246 e. The molecule has 0 bridgehead atoms. The van der Waals surface area contributed by atoms with Gasteiger partial charge in [0.1, 0.15) is 0 Å². The van der Waals surface area contributed by atoms with E-state index < -0.39 is 0 Å². The van der Waals surface area contributed by atoms with E-state index in [0.29, 0.717) is 23.4 Å². The number of anilines is 1. The molecule has 0 spiro atoms. The van der Waals surface area contributed by atoms with Gasteiger partial charge in [-0.3, -0.25) is 0 Å². The predicted molar refractivity (Wildman–Crippen MR) is 98.7 cm³/mol. The molecular weight excluding hydrogens is 320 g/mol. The fourth-order valence-electron chi connectivity index (χ4n) is 2.22. The van der Waals surface area contributed by atoms with Crippen LogP contribution in [0.3, 0.4) is 0 Å². The first-order chi connectivity index (χ1) is 11.6. The Morgan fingerprint density at radius 2 is 1.92 bits per heavy atom. The number of aromatic nitrogens is 2. The van der Waals surface area contributed by atoms with E-state index in [0.717, 1.165) is 16.8 Å². The average Bonchev–Trinajstić information content (AvgIpc) is 3.06. The highest BCUT2D eigenvalue weighted by Crippen LogP contribution is 2.17. The van der Waals surface area contributed by atoms with Gasteiger partial charge in [0.15, 0.2) is 5.11 Å². The van der Waals surface area contributed by atoms with E-state index in [1.807, 2.05) is 44.2 Å². The van der Waals surface area contributed by atoms with Crippen LogP contribution < -0.4 is 10.6 Å². The SMILES string of the molecule is Cc1ccc(C)c(NC(=S)NCc2nc(-c3ccccc3)no2)c1. The quantitative estimate of drug-likeness (QED) is 0.705. The van der Waals surface area contributed by atoms with Crippen molar-refractivity contribution in [2.75, 3.05) is 5.32 Å². The highest BCUT2D eigenvalue weighted by Gasteiger charge is 2.09. The summed E-state index contributed by atoms with van der Waals surface area (Å²) >= 11 is 5.33.